The minimum Gasteiger partial charge on any atom is -0.481 e. The molecule has 0 aromatic carbocycles. The molecule has 0 spiro atoms. The zero-order valence-corrected chi connectivity index (χ0v) is 34.2. The van der Waals surface area contributed by atoms with Gasteiger partial charge in [0, 0.05) is 5.54 Å². The summed E-state index contributed by atoms with van der Waals surface area (Å²) >= 11 is 0. The van der Waals surface area contributed by atoms with E-state index >= 15 is 0 Å². The lowest BCUT2D eigenvalue weighted by Crippen LogP contribution is -2.71. The van der Waals surface area contributed by atoms with Crippen LogP contribution in [0.3, 0.4) is 0 Å². The van der Waals surface area contributed by atoms with Gasteiger partial charge in [-0.15, -0.1) is 0 Å². The molecule has 6 heteroatoms. The van der Waals surface area contributed by atoms with Crippen molar-refractivity contribution in [3.8, 4) is 0 Å². The Bertz CT molecular complexity index is 1470. The van der Waals surface area contributed by atoms with Crippen LogP contribution in [0.15, 0.2) is 23.3 Å². The maximum absolute atomic E-state index is 14.0. The van der Waals surface area contributed by atoms with E-state index in [2.05, 4.69) is 65.9 Å². The van der Waals surface area contributed by atoms with Crippen molar-refractivity contribution in [1.29, 1.82) is 0 Å². The Labute approximate surface area is 315 Å². The lowest BCUT2D eigenvalue weighted by molar-refractivity contribution is -0.258. The number of rotatable bonds is 8. The number of carboxylic acids is 1. The number of allylic oxidation sites excluding steroid dienone is 4. The molecule has 5 nitrogen and oxygen atoms in total. The molecule has 5 saturated carbocycles. The summed E-state index contributed by atoms with van der Waals surface area (Å²) in [7, 11) is 0. The van der Waals surface area contributed by atoms with Gasteiger partial charge in [-0.1, -0.05) is 67.0 Å². The maximum atomic E-state index is 14.0. The predicted molar refractivity (Wildman–Crippen MR) is 207 cm³/mol. The summed E-state index contributed by atoms with van der Waals surface area (Å²) in [5, 5.41) is 36.1. The maximum Gasteiger partial charge on any atom is 0.312 e. The highest BCUT2D eigenvalue weighted by molar-refractivity contribution is 5.75. The number of alkyl halides is 1. The van der Waals surface area contributed by atoms with Crippen LogP contribution >= 0.6 is 0 Å². The van der Waals surface area contributed by atoms with Crippen LogP contribution < -0.4 is 5.32 Å². The molecular weight excluding hydrogens is 650 g/mol. The van der Waals surface area contributed by atoms with Gasteiger partial charge < -0.3 is 20.6 Å². The molecule has 0 amide bonds. The topological polar surface area (TPSA) is 89.8 Å². The second kappa shape index (κ2) is 12.6. The second-order valence-corrected chi connectivity index (χ2v) is 21.8. The van der Waals surface area contributed by atoms with E-state index in [9.17, 15) is 24.5 Å². The van der Waals surface area contributed by atoms with Crippen LogP contribution in [-0.2, 0) is 4.79 Å². The lowest BCUT2D eigenvalue weighted by atomic mass is 9.29. The van der Waals surface area contributed by atoms with Gasteiger partial charge in [0.2, 0.25) is 0 Å². The van der Waals surface area contributed by atoms with Crippen LogP contribution in [0.2, 0.25) is 0 Å². The zero-order valence-electron chi connectivity index (χ0n) is 34.2. The fourth-order valence-electron chi connectivity index (χ4n) is 15.8. The third-order valence-corrected chi connectivity index (χ3v) is 19.4. The molecule has 0 heterocycles. The van der Waals surface area contributed by atoms with Gasteiger partial charge in [-0.25, -0.2) is 4.39 Å². The molecule has 5 fully saturated rings. The first-order chi connectivity index (χ1) is 24.2. The Hall–Kier alpha value is -1.24. The predicted octanol–water partition coefficient (Wildman–Crippen LogP) is 10.3. The van der Waals surface area contributed by atoms with Crippen LogP contribution in [0.1, 0.15) is 171 Å². The number of hydrogen-bond donors (Lipinski definition) is 4. The lowest BCUT2D eigenvalue weighted by Gasteiger charge is -2.76. The fraction of sp³-hybridized carbons (Fsp3) is 0.891. The molecule has 52 heavy (non-hydrogen) atoms. The van der Waals surface area contributed by atoms with E-state index in [0.717, 1.165) is 25.3 Å². The molecule has 294 valence electrons. The summed E-state index contributed by atoms with van der Waals surface area (Å²) in [5.74, 6) is 1.60. The Morgan fingerprint density at radius 1 is 0.808 bits per heavy atom. The molecule has 0 radical (unpaired) electrons. The van der Waals surface area contributed by atoms with Crippen molar-refractivity contribution >= 4 is 5.97 Å². The average molecular weight is 724 g/mol. The molecular formula is C46H74FNO4. The highest BCUT2D eigenvalue weighted by atomic mass is 19.1. The number of carbonyl (C=O) groups is 1. The number of hydrogen-bond acceptors (Lipinski definition) is 4. The van der Waals surface area contributed by atoms with Crippen molar-refractivity contribution in [2.45, 2.75) is 188 Å². The normalized spacial score (nSPS) is 51.3. The van der Waals surface area contributed by atoms with Gasteiger partial charge >= 0.3 is 5.97 Å². The molecule has 7 aliphatic carbocycles. The van der Waals surface area contributed by atoms with Crippen molar-refractivity contribution in [1.82, 2.24) is 5.32 Å². The van der Waals surface area contributed by atoms with E-state index in [1.807, 2.05) is 6.92 Å². The SMILES string of the molecule is CC[C@@H]1CC[C@]2(NCCC3(O)CCC(C)(O)CC3)CC[C@@]3(C)[C@]4(C)CC[C@H]5C(C)(C)C(C6=CC[C@](CF)(C(=O)O)CC6)=CC[C@]5(C)[C@H]4CC[C@]3(C)[C@@H]12. The summed E-state index contributed by atoms with van der Waals surface area (Å²) in [5.41, 5.74) is 1.22. The van der Waals surface area contributed by atoms with Crippen LogP contribution in [0.5, 0.6) is 0 Å². The largest absolute Gasteiger partial charge is 0.481 e. The molecule has 4 N–H and O–H groups in total. The molecule has 10 atom stereocenters. The molecule has 7 aliphatic rings. The van der Waals surface area contributed by atoms with Crippen LogP contribution in [0.25, 0.3) is 0 Å². The van der Waals surface area contributed by atoms with Crippen molar-refractivity contribution in [3.05, 3.63) is 23.3 Å². The van der Waals surface area contributed by atoms with Gasteiger partial charge in [-0.05, 0) is 185 Å². The van der Waals surface area contributed by atoms with Gasteiger partial charge in [-0.2, -0.15) is 0 Å². The Morgan fingerprint density at radius 2 is 1.48 bits per heavy atom. The summed E-state index contributed by atoms with van der Waals surface area (Å²) < 4.78 is 14.0. The van der Waals surface area contributed by atoms with Crippen LogP contribution in [-0.4, -0.2) is 51.2 Å². The van der Waals surface area contributed by atoms with Gasteiger partial charge in [-0.3, -0.25) is 4.79 Å². The summed E-state index contributed by atoms with van der Waals surface area (Å²) in [6, 6.07) is 0. The van der Waals surface area contributed by atoms with E-state index in [-0.39, 0.29) is 32.6 Å². The molecule has 0 aromatic heterocycles. The monoisotopic (exact) mass is 724 g/mol. The Kier molecular flexibility index (Phi) is 9.48. The minimum atomic E-state index is -1.25. The van der Waals surface area contributed by atoms with Gasteiger partial charge in [0.25, 0.3) is 0 Å². The number of nitrogens with one attached hydrogen (secondary N) is 1. The van der Waals surface area contributed by atoms with Crippen molar-refractivity contribution in [2.24, 2.45) is 56.2 Å². The molecule has 0 saturated heterocycles. The molecule has 0 unspecified atom stereocenters. The second-order valence-electron chi connectivity index (χ2n) is 21.8. The highest BCUT2D eigenvalue weighted by Gasteiger charge is 2.74. The average Bonchev–Trinajstić information content (AvgIpc) is 3.47. The highest BCUT2D eigenvalue weighted by Crippen LogP contribution is 2.80. The van der Waals surface area contributed by atoms with Crippen LogP contribution in [0.4, 0.5) is 4.39 Å². The zero-order chi connectivity index (χ0) is 37.8. The van der Waals surface area contributed by atoms with Crippen molar-refractivity contribution < 1.29 is 24.5 Å². The van der Waals surface area contributed by atoms with Crippen LogP contribution in [0, 0.1) is 56.2 Å². The van der Waals surface area contributed by atoms with Gasteiger partial charge in [0.1, 0.15) is 6.67 Å². The van der Waals surface area contributed by atoms with E-state index < -0.39 is 29.3 Å². The fourth-order valence-corrected chi connectivity index (χ4v) is 15.8. The van der Waals surface area contributed by atoms with E-state index in [4.69, 9.17) is 0 Å². The third kappa shape index (κ3) is 5.46. The van der Waals surface area contributed by atoms with E-state index in [1.54, 1.807) is 0 Å². The summed E-state index contributed by atoms with van der Waals surface area (Å²) in [6.07, 6.45) is 22.0. The number of carboxylic acid groups (broad SMARTS) is 1. The first-order valence-corrected chi connectivity index (χ1v) is 21.6. The first kappa shape index (κ1) is 39.0. The summed E-state index contributed by atoms with van der Waals surface area (Å²) in [6.45, 7) is 20.2. The molecule has 0 aliphatic heterocycles. The van der Waals surface area contributed by atoms with Gasteiger partial charge in [0.05, 0.1) is 16.6 Å². The molecule has 7 rings (SSSR count). The molecule has 0 aromatic rings. The third-order valence-electron chi connectivity index (χ3n) is 19.4. The minimum absolute atomic E-state index is 0.0106. The van der Waals surface area contributed by atoms with E-state index in [0.29, 0.717) is 62.7 Å². The number of aliphatic carboxylic acids is 1. The number of halogens is 1. The van der Waals surface area contributed by atoms with Crippen molar-refractivity contribution in [3.63, 3.8) is 0 Å². The standard InChI is InChI=1S/C46H74FNO4/c1-9-31-12-21-46(48-29-28-45(52)25-22-39(4,51)23-26-45)27-24-43(8)41(6)17-14-34-38(2,3)33(32-10-19-44(30-47,20-11-32)37(49)50)13-16-40(34,5)35(41)15-18-42(43,7)36(31)46/h10,13,31,34-36,48,51-52H,9,11-12,14-30H2,1-8H3,(H,49,50)/t31-,34+,35-,36-,39?,40+,41-,42-,43+,44+,45?,46+/m1/s1. The Balaban J connectivity index is 1.14. The van der Waals surface area contributed by atoms with Crippen molar-refractivity contribution in [2.75, 3.05) is 13.2 Å². The summed E-state index contributed by atoms with van der Waals surface area (Å²) in [4.78, 5) is 12.0. The number of aliphatic hydroxyl groups is 2. The Morgan fingerprint density at radius 3 is 2.10 bits per heavy atom. The van der Waals surface area contributed by atoms with E-state index in [1.165, 1.54) is 68.9 Å². The first-order valence-electron chi connectivity index (χ1n) is 21.6. The quantitative estimate of drug-likeness (QED) is 0.200. The molecule has 0 bridgehead atoms. The van der Waals surface area contributed by atoms with Gasteiger partial charge in [0.15, 0.2) is 0 Å². The smallest absolute Gasteiger partial charge is 0.312 e. The number of fused-ring (bicyclic) bond motifs is 7.